The Bertz CT molecular complexity index is 996. The van der Waals surface area contributed by atoms with Crippen LogP contribution < -0.4 is 0 Å². The van der Waals surface area contributed by atoms with Crippen molar-refractivity contribution in [3.05, 3.63) is 70.3 Å². The van der Waals surface area contributed by atoms with Crippen LogP contribution in [0, 0.1) is 11.3 Å². The molecular weight excluding hydrogens is 352 g/mol. The lowest BCUT2D eigenvalue weighted by Gasteiger charge is -2.23. The van der Waals surface area contributed by atoms with E-state index in [1.54, 1.807) is 0 Å². The van der Waals surface area contributed by atoms with Gasteiger partial charge in [-0.05, 0) is 89.8 Å². The normalized spacial score (nSPS) is 23.7. The van der Waals surface area contributed by atoms with Gasteiger partial charge in [0.2, 0.25) is 0 Å². The highest BCUT2D eigenvalue weighted by Crippen LogP contribution is 2.51. The molecule has 2 unspecified atom stereocenters. The summed E-state index contributed by atoms with van der Waals surface area (Å²) in [5, 5.41) is 0. The van der Waals surface area contributed by atoms with Crippen LogP contribution >= 0.6 is 0 Å². The molecule has 5 rings (SSSR count). The van der Waals surface area contributed by atoms with Crippen LogP contribution in [0.25, 0.3) is 11.1 Å². The molecule has 1 heteroatoms. The number of Topliss-reactive ketones (excluding diaryl/α,β-unsaturated/α-hetero) is 1. The highest BCUT2D eigenvalue weighted by Gasteiger charge is 2.47. The van der Waals surface area contributed by atoms with E-state index in [2.05, 4.69) is 49.4 Å². The van der Waals surface area contributed by atoms with E-state index < -0.39 is 0 Å². The summed E-state index contributed by atoms with van der Waals surface area (Å²) in [5.74, 6) is 1.88. The van der Waals surface area contributed by atoms with Crippen LogP contribution in [0.3, 0.4) is 0 Å². The molecule has 29 heavy (non-hydrogen) atoms. The molecule has 150 valence electrons. The molecule has 2 saturated carbocycles. The maximum absolute atomic E-state index is 12.6. The first-order valence-corrected chi connectivity index (χ1v) is 11.3. The van der Waals surface area contributed by atoms with Crippen LogP contribution in [0.4, 0.5) is 0 Å². The lowest BCUT2D eigenvalue weighted by molar-refractivity contribution is -0.127. The number of ketones is 1. The molecule has 2 atom stereocenters. The summed E-state index contributed by atoms with van der Waals surface area (Å²) in [4.78, 5) is 12.6. The molecule has 0 radical (unpaired) electrons. The van der Waals surface area contributed by atoms with E-state index >= 15 is 0 Å². The minimum atomic E-state index is -0.226. The number of benzene rings is 2. The van der Waals surface area contributed by atoms with Crippen molar-refractivity contribution in [1.82, 2.24) is 0 Å². The molecule has 1 nitrogen and oxygen atoms in total. The average molecular weight is 385 g/mol. The summed E-state index contributed by atoms with van der Waals surface area (Å²) in [6, 6.07) is 16.3. The lowest BCUT2D eigenvalue weighted by Crippen LogP contribution is -2.22. The smallest absolute Gasteiger partial charge is 0.141 e. The number of hydrogen-bond acceptors (Lipinski definition) is 1. The van der Waals surface area contributed by atoms with E-state index in [-0.39, 0.29) is 11.3 Å². The van der Waals surface area contributed by atoms with Gasteiger partial charge in [-0.3, -0.25) is 4.79 Å². The largest absolute Gasteiger partial charge is 0.299 e. The summed E-state index contributed by atoms with van der Waals surface area (Å²) in [5.41, 5.74) is 9.92. The number of carbonyl (C=O) groups excluding carboxylic acids is 1. The molecule has 0 saturated heterocycles. The number of aryl methyl sites for hydroxylation is 1. The zero-order valence-corrected chi connectivity index (χ0v) is 18.2. The summed E-state index contributed by atoms with van der Waals surface area (Å²) < 4.78 is 0. The summed E-state index contributed by atoms with van der Waals surface area (Å²) in [6.07, 6.45) is 6.00. The fourth-order valence-corrected chi connectivity index (χ4v) is 5.14. The molecule has 0 heterocycles. The standard InChI is InChI=1S/C28H32O/c1-17-23(14-13-20-11-12-22(15-24(17)20)18-5-6-18)19-7-9-21(10-8-19)25-16-26(25)27(29)28(2,3)4/h7-12,15,18,25-26H,5-6,13-14,16H2,1-4H3. The Labute approximate surface area is 175 Å². The lowest BCUT2D eigenvalue weighted by atomic mass is 9.82. The second-order valence-electron chi connectivity index (χ2n) is 10.5. The summed E-state index contributed by atoms with van der Waals surface area (Å²) >= 11 is 0. The van der Waals surface area contributed by atoms with Crippen molar-refractivity contribution in [2.45, 2.75) is 71.6 Å². The van der Waals surface area contributed by atoms with Gasteiger partial charge in [0.1, 0.15) is 5.78 Å². The van der Waals surface area contributed by atoms with Crippen LogP contribution in [0.1, 0.15) is 93.0 Å². The highest BCUT2D eigenvalue weighted by molar-refractivity contribution is 5.93. The fraction of sp³-hybridized carbons (Fsp3) is 0.464. The highest BCUT2D eigenvalue weighted by atomic mass is 16.1. The van der Waals surface area contributed by atoms with Crippen molar-refractivity contribution in [3.8, 4) is 0 Å². The average Bonchev–Trinajstić information content (AvgIpc) is 3.61. The van der Waals surface area contributed by atoms with Crippen LogP contribution in [0.2, 0.25) is 0 Å². The Morgan fingerprint density at radius 2 is 1.62 bits per heavy atom. The molecular formula is C28H32O. The Hall–Kier alpha value is -2.15. The fourth-order valence-electron chi connectivity index (χ4n) is 5.14. The SMILES string of the molecule is CC1=C(c2ccc(C3CC3C(=O)C(C)(C)C)cc2)CCc2ccc(C3CC3)cc21. The van der Waals surface area contributed by atoms with Gasteiger partial charge in [-0.2, -0.15) is 0 Å². The number of hydrogen-bond donors (Lipinski definition) is 0. The molecule has 3 aliphatic rings. The van der Waals surface area contributed by atoms with Crippen molar-refractivity contribution in [1.29, 1.82) is 0 Å². The molecule has 0 N–H and O–H groups in total. The Kier molecular flexibility index (Phi) is 4.35. The van der Waals surface area contributed by atoms with E-state index in [0.29, 0.717) is 11.7 Å². The van der Waals surface area contributed by atoms with Gasteiger partial charge in [-0.25, -0.2) is 0 Å². The van der Waals surface area contributed by atoms with E-state index in [0.717, 1.165) is 25.2 Å². The molecule has 2 aromatic carbocycles. The molecule has 0 aromatic heterocycles. The molecule has 0 spiro atoms. The van der Waals surface area contributed by atoms with Gasteiger partial charge in [0, 0.05) is 11.3 Å². The molecule has 3 aliphatic carbocycles. The third kappa shape index (κ3) is 3.50. The van der Waals surface area contributed by atoms with Crippen LogP contribution in [-0.2, 0) is 11.2 Å². The number of carbonyl (C=O) groups is 1. The molecule has 0 aliphatic heterocycles. The maximum Gasteiger partial charge on any atom is 0.141 e. The van der Waals surface area contributed by atoms with E-state index in [1.807, 2.05) is 20.8 Å². The van der Waals surface area contributed by atoms with Crippen LogP contribution in [0.15, 0.2) is 42.5 Å². The van der Waals surface area contributed by atoms with Crippen LogP contribution in [-0.4, -0.2) is 5.78 Å². The van der Waals surface area contributed by atoms with E-state index in [4.69, 9.17) is 0 Å². The first-order valence-electron chi connectivity index (χ1n) is 11.3. The maximum atomic E-state index is 12.6. The number of rotatable bonds is 4. The zero-order valence-electron chi connectivity index (χ0n) is 18.2. The second-order valence-corrected chi connectivity index (χ2v) is 10.5. The van der Waals surface area contributed by atoms with Crippen molar-refractivity contribution in [2.24, 2.45) is 11.3 Å². The Morgan fingerprint density at radius 1 is 0.931 bits per heavy atom. The van der Waals surface area contributed by atoms with Gasteiger partial charge in [-0.15, -0.1) is 0 Å². The summed E-state index contributed by atoms with van der Waals surface area (Å²) in [7, 11) is 0. The first kappa shape index (κ1) is 18.9. The topological polar surface area (TPSA) is 17.1 Å². The van der Waals surface area contributed by atoms with E-state index in [9.17, 15) is 4.79 Å². The van der Waals surface area contributed by atoms with Crippen molar-refractivity contribution < 1.29 is 4.79 Å². The van der Waals surface area contributed by atoms with Gasteiger partial charge >= 0.3 is 0 Å². The monoisotopic (exact) mass is 384 g/mol. The first-order chi connectivity index (χ1) is 13.8. The van der Waals surface area contributed by atoms with Crippen molar-refractivity contribution in [3.63, 3.8) is 0 Å². The molecule has 2 aromatic rings. The molecule has 2 fully saturated rings. The second kappa shape index (κ2) is 6.69. The predicted octanol–water partition coefficient (Wildman–Crippen LogP) is 7.16. The molecule has 0 bridgehead atoms. The third-order valence-corrected chi connectivity index (χ3v) is 7.24. The van der Waals surface area contributed by atoms with Gasteiger partial charge in [0.05, 0.1) is 0 Å². The minimum absolute atomic E-state index is 0.226. The quantitative estimate of drug-likeness (QED) is 0.546. The van der Waals surface area contributed by atoms with Crippen molar-refractivity contribution in [2.75, 3.05) is 0 Å². The Balaban J connectivity index is 1.39. The van der Waals surface area contributed by atoms with Gasteiger partial charge in [0.25, 0.3) is 0 Å². The minimum Gasteiger partial charge on any atom is -0.299 e. The Morgan fingerprint density at radius 3 is 2.28 bits per heavy atom. The van der Waals surface area contributed by atoms with Crippen LogP contribution in [0.5, 0.6) is 0 Å². The van der Waals surface area contributed by atoms with Crippen molar-refractivity contribution >= 4 is 16.9 Å². The predicted molar refractivity (Wildman–Crippen MR) is 121 cm³/mol. The number of allylic oxidation sites excluding steroid dienone is 2. The van der Waals surface area contributed by atoms with E-state index in [1.165, 1.54) is 51.8 Å². The molecule has 0 amide bonds. The summed E-state index contributed by atoms with van der Waals surface area (Å²) in [6.45, 7) is 8.42. The van der Waals surface area contributed by atoms with Gasteiger partial charge < -0.3 is 0 Å². The third-order valence-electron chi connectivity index (χ3n) is 7.24. The zero-order chi connectivity index (χ0) is 20.3. The number of fused-ring (bicyclic) bond motifs is 1. The van der Waals surface area contributed by atoms with Gasteiger partial charge in [0.15, 0.2) is 0 Å². The van der Waals surface area contributed by atoms with Gasteiger partial charge in [-0.1, -0.05) is 63.2 Å².